The highest BCUT2D eigenvalue weighted by Crippen LogP contribution is 2.51. The predicted molar refractivity (Wildman–Crippen MR) is 68.1 cm³/mol. The highest BCUT2D eigenvalue weighted by molar-refractivity contribution is 7.88. The Bertz CT molecular complexity index is 835. The second-order valence-corrected chi connectivity index (χ2v) is 8.68. The van der Waals surface area contributed by atoms with Crippen molar-refractivity contribution in [1.29, 1.82) is 0 Å². The van der Waals surface area contributed by atoms with E-state index < -0.39 is 73.0 Å². The van der Waals surface area contributed by atoms with Crippen molar-refractivity contribution in [1.82, 2.24) is 0 Å². The summed E-state index contributed by atoms with van der Waals surface area (Å²) in [5, 5.41) is -6.76. The van der Waals surface area contributed by atoms with Crippen molar-refractivity contribution in [3.8, 4) is 0 Å². The lowest BCUT2D eigenvalue weighted by molar-refractivity contribution is -0.175. The lowest BCUT2D eigenvalue weighted by Crippen LogP contribution is -2.52. The van der Waals surface area contributed by atoms with Crippen LogP contribution in [0.1, 0.15) is 0 Å². The molecule has 0 aliphatic carbocycles. The monoisotopic (exact) mass is 408 g/mol. The van der Waals surface area contributed by atoms with E-state index in [1.807, 2.05) is 0 Å². The number of rotatable bonds is 4. The first-order chi connectivity index (χ1) is 11.3. The van der Waals surface area contributed by atoms with Gasteiger partial charge < -0.3 is 14.2 Å². The molecule has 2 bridgehead atoms. The van der Waals surface area contributed by atoms with Gasteiger partial charge in [0.1, 0.15) is 29.5 Å². The zero-order valence-electron chi connectivity index (χ0n) is 12.1. The molecule has 0 spiro atoms. The van der Waals surface area contributed by atoms with Crippen LogP contribution in [0.2, 0.25) is 0 Å². The fourth-order valence-electron chi connectivity index (χ4n) is 3.16. The maximum atomic E-state index is 13.3. The van der Waals surface area contributed by atoms with E-state index in [0.717, 1.165) is 7.11 Å². The molecule has 0 aromatic rings. The second kappa shape index (κ2) is 5.29. The first-order valence-corrected chi connectivity index (χ1v) is 9.45. The molecule has 6 atom stereocenters. The number of hydrogen-bond donors (Lipinski definition) is 1. The Hall–Kier alpha value is -1.42. The number of hydrogen-bond acceptors (Lipinski definition) is 10. The molecule has 142 valence electrons. The Balaban J connectivity index is 1.92. The van der Waals surface area contributed by atoms with Gasteiger partial charge in [0.15, 0.2) is 6.10 Å². The second-order valence-electron chi connectivity index (χ2n) is 5.49. The number of methoxy groups -OCH3 is 1. The van der Waals surface area contributed by atoms with Crippen LogP contribution in [0.5, 0.6) is 0 Å². The molecule has 0 saturated carbocycles. The van der Waals surface area contributed by atoms with Gasteiger partial charge in [-0.15, -0.1) is 0 Å². The number of alkyl halides is 2. The van der Waals surface area contributed by atoms with Gasteiger partial charge >= 0.3 is 27.3 Å². The Morgan fingerprint density at radius 1 is 1.20 bits per heavy atom. The van der Waals surface area contributed by atoms with Crippen LogP contribution in [0, 0.1) is 5.92 Å². The van der Waals surface area contributed by atoms with Gasteiger partial charge in [-0.25, -0.2) is 4.79 Å². The first-order valence-electron chi connectivity index (χ1n) is 6.54. The van der Waals surface area contributed by atoms with Crippen molar-refractivity contribution in [3.05, 3.63) is 0 Å². The summed E-state index contributed by atoms with van der Waals surface area (Å²) >= 11 is 0. The Labute approximate surface area is 139 Å². The zero-order chi connectivity index (χ0) is 18.9. The summed E-state index contributed by atoms with van der Waals surface area (Å²) in [6.45, 7) is 0. The van der Waals surface area contributed by atoms with Crippen LogP contribution in [-0.2, 0) is 48.2 Å². The van der Waals surface area contributed by atoms with Crippen molar-refractivity contribution in [2.45, 2.75) is 34.9 Å². The predicted octanol–water partition coefficient (Wildman–Crippen LogP) is -1.95. The fraction of sp³-hybridized carbons (Fsp3) is 0.800. The van der Waals surface area contributed by atoms with E-state index in [4.69, 9.17) is 9.29 Å². The third kappa shape index (κ3) is 2.44. The molecular weight excluding hydrogens is 398 g/mol. The van der Waals surface area contributed by atoms with E-state index in [1.165, 1.54) is 0 Å². The fourth-order valence-corrected chi connectivity index (χ4v) is 5.25. The molecule has 0 aromatic carbocycles. The molecule has 3 aliphatic heterocycles. The Kier molecular flexibility index (Phi) is 3.89. The third-order valence-electron chi connectivity index (χ3n) is 4.17. The van der Waals surface area contributed by atoms with E-state index in [9.17, 15) is 35.2 Å². The van der Waals surface area contributed by atoms with E-state index in [2.05, 4.69) is 13.7 Å². The number of carbonyl (C=O) groups is 2. The van der Waals surface area contributed by atoms with E-state index in [1.54, 1.807) is 0 Å². The molecule has 3 heterocycles. The molecule has 6 unspecified atom stereocenters. The summed E-state index contributed by atoms with van der Waals surface area (Å²) in [4.78, 5) is 23.3. The molecule has 25 heavy (non-hydrogen) atoms. The minimum absolute atomic E-state index is 0.946. The quantitative estimate of drug-likeness (QED) is 0.313. The van der Waals surface area contributed by atoms with Gasteiger partial charge in [-0.3, -0.25) is 13.5 Å². The summed E-state index contributed by atoms with van der Waals surface area (Å²) in [6.07, 6.45) is -6.12. The van der Waals surface area contributed by atoms with Crippen molar-refractivity contribution >= 4 is 32.2 Å². The summed E-state index contributed by atoms with van der Waals surface area (Å²) in [7, 11) is -9.52. The number of ether oxygens (including phenoxy) is 3. The molecule has 3 saturated heterocycles. The van der Waals surface area contributed by atoms with E-state index in [0.29, 0.717) is 0 Å². The molecule has 3 fully saturated rings. The molecule has 3 aliphatic rings. The third-order valence-corrected chi connectivity index (χ3v) is 6.71. The number of carbonyl (C=O) groups excluding carboxylic acids is 2. The smallest absolute Gasteiger partial charge is 0.465 e. The maximum Gasteiger partial charge on any atom is 0.465 e. The summed E-state index contributed by atoms with van der Waals surface area (Å²) in [5.41, 5.74) is 0. The lowest BCUT2D eigenvalue weighted by atomic mass is 9.85. The number of halogens is 2. The summed E-state index contributed by atoms with van der Waals surface area (Å²) in [6, 6.07) is 0. The average Bonchev–Trinajstić information content (AvgIpc) is 3.07. The first kappa shape index (κ1) is 18.4. The van der Waals surface area contributed by atoms with Crippen LogP contribution in [-0.4, -0.2) is 75.4 Å². The zero-order valence-corrected chi connectivity index (χ0v) is 13.7. The number of fused-ring (bicyclic) bond motifs is 1. The van der Waals surface area contributed by atoms with Gasteiger partial charge in [-0.1, -0.05) is 0 Å². The Morgan fingerprint density at radius 2 is 1.80 bits per heavy atom. The van der Waals surface area contributed by atoms with E-state index in [-0.39, 0.29) is 0 Å². The van der Waals surface area contributed by atoms with E-state index >= 15 is 0 Å². The van der Waals surface area contributed by atoms with Crippen molar-refractivity contribution < 1.29 is 58.2 Å². The van der Waals surface area contributed by atoms with Crippen LogP contribution in [0.25, 0.3) is 0 Å². The maximum absolute atomic E-state index is 13.3. The minimum atomic E-state index is -6.13. The van der Waals surface area contributed by atoms with Crippen molar-refractivity contribution in [2.24, 2.45) is 5.92 Å². The molecule has 15 heteroatoms. The lowest BCUT2D eigenvalue weighted by Gasteiger charge is -2.27. The molecule has 0 aromatic heterocycles. The SMILES string of the molecule is COC(=O)C1C2OC3C(OS(=O)(=O)C31)C2OC(=O)C(F)(F)S(=O)(=O)O. The molecule has 1 N–H and O–H groups in total. The molecule has 0 amide bonds. The highest BCUT2D eigenvalue weighted by atomic mass is 32.2. The highest BCUT2D eigenvalue weighted by Gasteiger charge is 2.74. The van der Waals surface area contributed by atoms with Crippen LogP contribution < -0.4 is 0 Å². The standard InChI is InChI=1S/C10H10F2O11S2/c1-20-8(13)2-3-4(22-9(14)10(11,12)25(17,18)19)5-6(21-3)7(2)24(15,16)23-5/h2-7H,1H3,(H,17,18,19). The van der Waals surface area contributed by atoms with Gasteiger partial charge in [0.25, 0.3) is 10.1 Å². The topological polar surface area (TPSA) is 160 Å². The molecular formula is C10H10F2O11S2. The van der Waals surface area contributed by atoms with Gasteiger partial charge in [0.05, 0.1) is 7.11 Å². The van der Waals surface area contributed by atoms with Crippen LogP contribution in [0.4, 0.5) is 8.78 Å². The van der Waals surface area contributed by atoms with Crippen molar-refractivity contribution in [3.63, 3.8) is 0 Å². The van der Waals surface area contributed by atoms with Crippen LogP contribution in [0.3, 0.4) is 0 Å². The van der Waals surface area contributed by atoms with Gasteiger partial charge in [-0.2, -0.15) is 25.6 Å². The molecule has 0 radical (unpaired) electrons. The molecule has 3 rings (SSSR count). The largest absolute Gasteiger partial charge is 0.469 e. The minimum Gasteiger partial charge on any atom is -0.469 e. The van der Waals surface area contributed by atoms with Gasteiger partial charge in [0.2, 0.25) is 0 Å². The Morgan fingerprint density at radius 3 is 2.32 bits per heavy atom. The summed E-state index contributed by atoms with van der Waals surface area (Å²) in [5.74, 6) is -5.24. The number of esters is 2. The average molecular weight is 408 g/mol. The van der Waals surface area contributed by atoms with Gasteiger partial charge in [0, 0.05) is 0 Å². The van der Waals surface area contributed by atoms with Crippen molar-refractivity contribution in [2.75, 3.05) is 7.11 Å². The van der Waals surface area contributed by atoms with Crippen LogP contribution in [0.15, 0.2) is 0 Å². The van der Waals surface area contributed by atoms with Crippen LogP contribution >= 0.6 is 0 Å². The molecule has 11 nitrogen and oxygen atoms in total. The summed E-state index contributed by atoms with van der Waals surface area (Å²) < 4.78 is 98.8. The normalized spacial score (nSPS) is 38.6. The van der Waals surface area contributed by atoms with Gasteiger partial charge in [-0.05, 0) is 0 Å².